The number of ketones is 1. The average Bonchev–Trinajstić information content (AvgIpc) is 3.19. The molecular weight excluding hydrogens is 473 g/mol. The van der Waals surface area contributed by atoms with Crippen LogP contribution in [0.15, 0.2) is 30.5 Å². The molecule has 14 heteroatoms. The number of rotatable bonds is 9. The maximum Gasteiger partial charge on any atom is 0.430 e. The molecule has 0 fully saturated rings. The quantitative estimate of drug-likeness (QED) is 0.454. The first kappa shape index (κ1) is 23.8. The van der Waals surface area contributed by atoms with Gasteiger partial charge in [0.1, 0.15) is 0 Å². The van der Waals surface area contributed by atoms with Crippen LogP contribution in [-0.4, -0.2) is 54.8 Å². The molecule has 1 N–H and O–H groups in total. The first-order chi connectivity index (χ1) is 15.0. The number of hydrogen-bond donors (Lipinski definition) is 1. The van der Waals surface area contributed by atoms with Gasteiger partial charge in [-0.05, 0) is 12.1 Å². The van der Waals surface area contributed by atoms with E-state index in [2.05, 4.69) is 19.7 Å². The number of carbonyl (C=O) groups is 1. The Kier molecular flexibility index (Phi) is 6.95. The lowest BCUT2D eigenvalue weighted by Gasteiger charge is -2.21. The minimum atomic E-state index is -4.92. The lowest BCUT2D eigenvalue weighted by Crippen LogP contribution is -2.27. The van der Waals surface area contributed by atoms with E-state index in [1.54, 1.807) is 12.1 Å². The number of thiazole rings is 1. The number of halogens is 3. The highest BCUT2D eigenvalue weighted by atomic mass is 32.2. The third-order valence-electron chi connectivity index (χ3n) is 3.96. The Hall–Kier alpha value is -2.84. The molecule has 0 radical (unpaired) electrons. The van der Waals surface area contributed by atoms with E-state index in [9.17, 15) is 26.4 Å². The molecule has 0 saturated carbocycles. The van der Waals surface area contributed by atoms with Crippen molar-refractivity contribution in [1.29, 1.82) is 0 Å². The number of nitrogens with zero attached hydrogens (tertiary/aromatic N) is 3. The lowest BCUT2D eigenvalue weighted by molar-refractivity contribution is -0.197. The van der Waals surface area contributed by atoms with Crippen LogP contribution in [0.5, 0.6) is 5.88 Å². The maximum atomic E-state index is 13.8. The molecule has 172 valence electrons. The second-order valence-electron chi connectivity index (χ2n) is 6.44. The van der Waals surface area contributed by atoms with E-state index in [0.29, 0.717) is 11.3 Å². The summed E-state index contributed by atoms with van der Waals surface area (Å²) < 4.78 is 78.0. The number of anilines is 1. The van der Waals surface area contributed by atoms with Crippen molar-refractivity contribution in [2.45, 2.75) is 19.2 Å². The van der Waals surface area contributed by atoms with Crippen molar-refractivity contribution >= 4 is 44.0 Å². The van der Waals surface area contributed by atoms with Crippen molar-refractivity contribution in [1.82, 2.24) is 15.0 Å². The van der Waals surface area contributed by atoms with Crippen molar-refractivity contribution in [3.63, 3.8) is 0 Å². The third-order valence-corrected chi connectivity index (χ3v) is 6.31. The van der Waals surface area contributed by atoms with Gasteiger partial charge in [-0.2, -0.15) is 13.2 Å². The van der Waals surface area contributed by atoms with E-state index in [-0.39, 0.29) is 22.6 Å². The largest absolute Gasteiger partial charge is 0.456 e. The standard InChI is InChI=1S/C18H17F3N4O5S2/c1-10(26)17-22-9-13(31-17)14(18(19,20)21)30-16-15(25-32(27,28)8-7-29-2)23-11-5-3-4-6-12(11)24-16/h3-6,9,14H,7-8H2,1-2H3,(H,23,25). The van der Waals surface area contributed by atoms with Gasteiger partial charge in [-0.25, -0.2) is 23.4 Å². The number of hydrogen-bond acceptors (Lipinski definition) is 9. The molecule has 0 bridgehead atoms. The summed E-state index contributed by atoms with van der Waals surface area (Å²) in [5.41, 5.74) is 0.432. The Morgan fingerprint density at radius 3 is 2.44 bits per heavy atom. The number of benzene rings is 1. The summed E-state index contributed by atoms with van der Waals surface area (Å²) in [5, 5.41) is -0.122. The van der Waals surface area contributed by atoms with Crippen molar-refractivity contribution < 1.29 is 35.9 Å². The number of aromatic nitrogens is 3. The molecule has 0 spiro atoms. The molecule has 9 nitrogen and oxygen atoms in total. The topological polar surface area (TPSA) is 120 Å². The Morgan fingerprint density at radius 2 is 1.88 bits per heavy atom. The van der Waals surface area contributed by atoms with E-state index >= 15 is 0 Å². The molecule has 0 amide bonds. The lowest BCUT2D eigenvalue weighted by atomic mass is 10.3. The Morgan fingerprint density at radius 1 is 1.22 bits per heavy atom. The summed E-state index contributed by atoms with van der Waals surface area (Å²) in [7, 11) is -2.72. The molecule has 3 aromatic rings. The fraction of sp³-hybridized carbons (Fsp3) is 0.333. The zero-order valence-electron chi connectivity index (χ0n) is 16.7. The summed E-state index contributed by atoms with van der Waals surface area (Å²) in [6.45, 7) is 1.03. The van der Waals surface area contributed by atoms with Gasteiger partial charge in [0.15, 0.2) is 10.8 Å². The predicted molar refractivity (Wildman–Crippen MR) is 110 cm³/mol. The zero-order valence-corrected chi connectivity index (χ0v) is 18.3. The summed E-state index contributed by atoms with van der Waals surface area (Å²) in [5.74, 6) is -2.15. The molecular formula is C18H17F3N4O5S2. The molecule has 1 aromatic carbocycles. The van der Waals surface area contributed by atoms with Crippen LogP contribution in [0.4, 0.5) is 19.0 Å². The number of carbonyl (C=O) groups excluding carboxylic acids is 1. The highest BCUT2D eigenvalue weighted by Crippen LogP contribution is 2.40. The molecule has 0 aliphatic carbocycles. The van der Waals surface area contributed by atoms with Gasteiger partial charge in [0, 0.05) is 20.2 Å². The monoisotopic (exact) mass is 490 g/mol. The van der Waals surface area contributed by atoms with Crippen LogP contribution >= 0.6 is 11.3 Å². The van der Waals surface area contributed by atoms with E-state index in [4.69, 9.17) is 9.47 Å². The molecule has 0 aliphatic rings. The summed E-state index contributed by atoms with van der Waals surface area (Å²) in [6, 6.07) is 6.21. The molecule has 1 unspecified atom stereocenters. The van der Waals surface area contributed by atoms with E-state index in [1.165, 1.54) is 26.2 Å². The number of alkyl halides is 3. The Bertz CT molecular complexity index is 1230. The summed E-state index contributed by atoms with van der Waals surface area (Å²) in [4.78, 5) is 22.8. The van der Waals surface area contributed by atoms with Crippen molar-refractivity contribution in [2.75, 3.05) is 24.2 Å². The van der Waals surface area contributed by atoms with Crippen LogP contribution in [0.1, 0.15) is 27.7 Å². The molecule has 32 heavy (non-hydrogen) atoms. The molecule has 0 saturated heterocycles. The van der Waals surface area contributed by atoms with Gasteiger partial charge in [0.05, 0.1) is 28.3 Å². The fourth-order valence-electron chi connectivity index (χ4n) is 2.49. The number of methoxy groups -OCH3 is 1. The molecule has 0 aliphatic heterocycles. The smallest absolute Gasteiger partial charge is 0.430 e. The number of nitrogens with one attached hydrogen (secondary N) is 1. The second kappa shape index (κ2) is 9.34. The van der Waals surface area contributed by atoms with Gasteiger partial charge in [-0.15, -0.1) is 11.3 Å². The molecule has 1 atom stereocenters. The first-order valence-electron chi connectivity index (χ1n) is 8.96. The minimum absolute atomic E-state index is 0.122. The summed E-state index contributed by atoms with van der Waals surface area (Å²) >= 11 is 0.520. The number of para-hydroxylation sites is 2. The van der Waals surface area contributed by atoms with Gasteiger partial charge < -0.3 is 9.47 Å². The van der Waals surface area contributed by atoms with Gasteiger partial charge in [-0.1, -0.05) is 12.1 Å². The van der Waals surface area contributed by atoms with Crippen LogP contribution in [-0.2, 0) is 14.8 Å². The van der Waals surface area contributed by atoms with Crippen molar-refractivity contribution in [3.05, 3.63) is 40.3 Å². The molecule has 2 heterocycles. The van der Waals surface area contributed by atoms with Crippen molar-refractivity contribution in [3.8, 4) is 5.88 Å². The highest BCUT2D eigenvalue weighted by Gasteiger charge is 2.45. The maximum absolute atomic E-state index is 13.8. The SMILES string of the molecule is COCCS(=O)(=O)Nc1nc2ccccc2nc1OC(c1cnc(C(C)=O)s1)C(F)(F)F. The number of Topliss-reactive ketones (excluding diaryl/α,β-unsaturated/α-hetero) is 1. The van der Waals surface area contributed by atoms with E-state index < -0.39 is 50.4 Å². The first-order valence-corrected chi connectivity index (χ1v) is 11.4. The van der Waals surface area contributed by atoms with Crippen LogP contribution in [0, 0.1) is 0 Å². The average molecular weight is 490 g/mol. The second-order valence-corrected chi connectivity index (χ2v) is 9.35. The van der Waals surface area contributed by atoms with E-state index in [0.717, 1.165) is 6.20 Å². The molecule has 3 rings (SSSR count). The zero-order chi connectivity index (χ0) is 23.5. The number of ether oxygens (including phenoxy) is 2. The Labute approximate surface area is 184 Å². The summed E-state index contributed by atoms with van der Waals surface area (Å²) in [6.07, 6.45) is -6.58. The highest BCUT2D eigenvalue weighted by molar-refractivity contribution is 7.92. The van der Waals surface area contributed by atoms with Crippen LogP contribution in [0.2, 0.25) is 0 Å². The van der Waals surface area contributed by atoms with Gasteiger partial charge in [0.25, 0.3) is 5.88 Å². The number of fused-ring (bicyclic) bond motifs is 1. The minimum Gasteiger partial charge on any atom is -0.456 e. The fourth-order valence-corrected chi connectivity index (χ4v) is 4.27. The van der Waals surface area contributed by atoms with Gasteiger partial charge in [-0.3, -0.25) is 9.52 Å². The third kappa shape index (κ3) is 5.69. The predicted octanol–water partition coefficient (Wildman–Crippen LogP) is 3.36. The Balaban J connectivity index is 2.06. The van der Waals surface area contributed by atoms with Crippen LogP contribution in [0.25, 0.3) is 11.0 Å². The normalized spacial score (nSPS) is 13.2. The van der Waals surface area contributed by atoms with Gasteiger partial charge in [0.2, 0.25) is 21.9 Å². The molecule has 2 aromatic heterocycles. The number of sulfonamides is 1. The van der Waals surface area contributed by atoms with Crippen LogP contribution in [0.3, 0.4) is 0 Å². The van der Waals surface area contributed by atoms with E-state index in [1.807, 2.05) is 0 Å². The van der Waals surface area contributed by atoms with Gasteiger partial charge >= 0.3 is 6.18 Å². The van der Waals surface area contributed by atoms with Crippen LogP contribution < -0.4 is 9.46 Å². The van der Waals surface area contributed by atoms with Crippen molar-refractivity contribution in [2.24, 2.45) is 0 Å².